The van der Waals surface area contributed by atoms with Crippen molar-refractivity contribution < 1.29 is 19.2 Å². The predicted octanol–water partition coefficient (Wildman–Crippen LogP) is 1.00. The average Bonchev–Trinajstić information content (AvgIpc) is 2.82. The molecule has 1 aliphatic rings. The third-order valence-electron chi connectivity index (χ3n) is 2.80. The van der Waals surface area contributed by atoms with E-state index in [4.69, 9.17) is 5.11 Å². The topological polar surface area (TPSA) is 95.7 Å². The molecule has 0 spiro atoms. The Morgan fingerprint density at radius 2 is 2.18 bits per heavy atom. The lowest BCUT2D eigenvalue weighted by Gasteiger charge is -2.29. The van der Waals surface area contributed by atoms with Gasteiger partial charge in [0.1, 0.15) is 6.26 Å². The fourth-order valence-corrected chi connectivity index (χ4v) is 1.80. The minimum absolute atomic E-state index is 0.275. The second-order valence-corrected chi connectivity index (χ2v) is 3.91. The largest absolute Gasteiger partial charge is 0.481 e. The number of carbonyl (C=O) groups excluding carboxylic acids is 1. The van der Waals surface area contributed by atoms with Crippen LogP contribution in [0.25, 0.3) is 0 Å². The first-order valence-electron chi connectivity index (χ1n) is 5.36. The van der Waals surface area contributed by atoms with Crippen LogP contribution < -0.4 is 5.32 Å². The summed E-state index contributed by atoms with van der Waals surface area (Å²) in [5.74, 6) is -0.775. The van der Waals surface area contributed by atoms with Crippen molar-refractivity contribution in [2.24, 2.45) is 5.92 Å². The molecule has 2 heterocycles. The second-order valence-electron chi connectivity index (χ2n) is 3.91. The van der Waals surface area contributed by atoms with Gasteiger partial charge in [-0.2, -0.15) is 0 Å². The van der Waals surface area contributed by atoms with Crippen LogP contribution in [0.5, 0.6) is 0 Å². The third-order valence-corrected chi connectivity index (χ3v) is 2.80. The van der Waals surface area contributed by atoms with E-state index in [0.717, 1.165) is 0 Å². The number of piperidine rings is 1. The molecule has 92 valence electrons. The van der Waals surface area contributed by atoms with E-state index in [2.05, 4.69) is 15.0 Å². The summed E-state index contributed by atoms with van der Waals surface area (Å²) in [7, 11) is 0. The molecule has 0 unspecified atom stereocenters. The molecule has 0 aromatic carbocycles. The number of likely N-dealkylation sites (tertiary alicyclic amines) is 1. The Bertz CT molecular complexity index is 396. The van der Waals surface area contributed by atoms with Crippen LogP contribution in [-0.4, -0.2) is 40.3 Å². The molecule has 7 heteroatoms. The summed E-state index contributed by atoms with van der Waals surface area (Å²) in [4.78, 5) is 24.1. The summed E-state index contributed by atoms with van der Waals surface area (Å²) in [5.41, 5.74) is 0. The summed E-state index contributed by atoms with van der Waals surface area (Å²) < 4.78 is 4.59. The van der Waals surface area contributed by atoms with Crippen LogP contribution in [0.4, 0.5) is 10.6 Å². The van der Waals surface area contributed by atoms with Crippen molar-refractivity contribution in [1.82, 2.24) is 10.1 Å². The summed E-state index contributed by atoms with van der Waals surface area (Å²) in [6.07, 6.45) is 2.34. The van der Waals surface area contributed by atoms with Gasteiger partial charge in [0, 0.05) is 19.2 Å². The van der Waals surface area contributed by atoms with Gasteiger partial charge in [-0.1, -0.05) is 5.16 Å². The summed E-state index contributed by atoms with van der Waals surface area (Å²) in [6, 6.07) is 1.27. The Balaban J connectivity index is 1.84. The van der Waals surface area contributed by atoms with Crippen LogP contribution in [0.2, 0.25) is 0 Å². The number of hydrogen-bond donors (Lipinski definition) is 2. The molecule has 1 fully saturated rings. The van der Waals surface area contributed by atoms with Gasteiger partial charge < -0.3 is 14.5 Å². The number of anilines is 1. The van der Waals surface area contributed by atoms with Crippen LogP contribution >= 0.6 is 0 Å². The van der Waals surface area contributed by atoms with E-state index in [0.29, 0.717) is 31.7 Å². The van der Waals surface area contributed by atoms with Crippen molar-refractivity contribution in [1.29, 1.82) is 0 Å². The Morgan fingerprint density at radius 1 is 1.47 bits per heavy atom. The van der Waals surface area contributed by atoms with E-state index < -0.39 is 5.97 Å². The number of carbonyl (C=O) groups is 2. The van der Waals surface area contributed by atoms with Crippen molar-refractivity contribution in [3.05, 3.63) is 12.3 Å². The van der Waals surface area contributed by atoms with E-state index in [9.17, 15) is 9.59 Å². The molecular weight excluding hydrogens is 226 g/mol. The second kappa shape index (κ2) is 4.86. The molecule has 0 atom stereocenters. The van der Waals surface area contributed by atoms with Gasteiger partial charge in [0.2, 0.25) is 0 Å². The van der Waals surface area contributed by atoms with Gasteiger partial charge in [-0.3, -0.25) is 10.1 Å². The lowest BCUT2D eigenvalue weighted by atomic mass is 9.97. The van der Waals surface area contributed by atoms with Gasteiger partial charge in [0.05, 0.1) is 5.92 Å². The normalized spacial score (nSPS) is 16.8. The molecule has 2 rings (SSSR count). The number of urea groups is 1. The maximum Gasteiger partial charge on any atom is 0.323 e. The van der Waals surface area contributed by atoms with Crippen molar-refractivity contribution in [3.8, 4) is 0 Å². The molecule has 1 saturated heterocycles. The highest BCUT2D eigenvalue weighted by Gasteiger charge is 2.27. The molecule has 0 radical (unpaired) electrons. The van der Waals surface area contributed by atoms with Gasteiger partial charge >= 0.3 is 12.0 Å². The maximum atomic E-state index is 11.7. The minimum atomic E-state index is -0.790. The highest BCUT2D eigenvalue weighted by molar-refractivity contribution is 5.88. The van der Waals surface area contributed by atoms with E-state index in [-0.39, 0.29) is 11.9 Å². The SMILES string of the molecule is O=C(O)C1CCN(C(=O)Nc2ccon2)CC1. The van der Waals surface area contributed by atoms with Crippen molar-refractivity contribution in [2.45, 2.75) is 12.8 Å². The number of rotatable bonds is 2. The van der Waals surface area contributed by atoms with Crippen molar-refractivity contribution >= 4 is 17.8 Å². The van der Waals surface area contributed by atoms with E-state index >= 15 is 0 Å². The fourth-order valence-electron chi connectivity index (χ4n) is 1.80. The van der Waals surface area contributed by atoms with Crippen LogP contribution in [-0.2, 0) is 4.79 Å². The number of carboxylic acid groups (broad SMARTS) is 1. The number of carboxylic acids is 1. The molecule has 1 aromatic rings. The lowest BCUT2D eigenvalue weighted by molar-refractivity contribution is -0.143. The quantitative estimate of drug-likeness (QED) is 0.802. The standard InChI is InChI=1S/C10H13N3O4/c14-9(15)7-1-4-13(5-2-7)10(16)11-8-3-6-17-12-8/h3,6-7H,1-2,4-5H2,(H,14,15)(H,11,12,16). The maximum absolute atomic E-state index is 11.7. The molecular formula is C10H13N3O4. The number of nitrogens with one attached hydrogen (secondary N) is 1. The molecule has 1 aromatic heterocycles. The molecule has 0 saturated carbocycles. The zero-order valence-electron chi connectivity index (χ0n) is 9.13. The van der Waals surface area contributed by atoms with Crippen molar-refractivity contribution in [2.75, 3.05) is 18.4 Å². The van der Waals surface area contributed by atoms with E-state index in [1.54, 1.807) is 11.0 Å². The number of hydrogen-bond acceptors (Lipinski definition) is 4. The van der Waals surface area contributed by atoms with Gasteiger partial charge in [-0.25, -0.2) is 4.79 Å². The van der Waals surface area contributed by atoms with Crippen LogP contribution in [0.3, 0.4) is 0 Å². The molecule has 0 bridgehead atoms. The third kappa shape index (κ3) is 2.74. The zero-order chi connectivity index (χ0) is 12.3. The monoisotopic (exact) mass is 239 g/mol. The fraction of sp³-hybridized carbons (Fsp3) is 0.500. The molecule has 2 N–H and O–H groups in total. The van der Waals surface area contributed by atoms with E-state index in [1.165, 1.54) is 6.26 Å². The van der Waals surface area contributed by atoms with E-state index in [1.807, 2.05) is 0 Å². The summed E-state index contributed by atoms with van der Waals surface area (Å²) in [6.45, 7) is 0.890. The predicted molar refractivity (Wildman–Crippen MR) is 57.5 cm³/mol. The number of aliphatic carboxylic acids is 1. The first kappa shape index (κ1) is 11.4. The van der Waals surface area contributed by atoms with Crippen LogP contribution in [0.15, 0.2) is 16.9 Å². The molecule has 17 heavy (non-hydrogen) atoms. The van der Waals surface area contributed by atoms with Crippen LogP contribution in [0, 0.1) is 5.92 Å². The average molecular weight is 239 g/mol. The summed E-state index contributed by atoms with van der Waals surface area (Å²) in [5, 5.41) is 15.0. The van der Waals surface area contributed by atoms with Gasteiger partial charge in [-0.15, -0.1) is 0 Å². The molecule has 0 aliphatic carbocycles. The van der Waals surface area contributed by atoms with Gasteiger partial charge in [0.15, 0.2) is 5.82 Å². The Morgan fingerprint density at radius 3 is 2.71 bits per heavy atom. The van der Waals surface area contributed by atoms with Crippen LogP contribution in [0.1, 0.15) is 12.8 Å². The van der Waals surface area contributed by atoms with Crippen molar-refractivity contribution in [3.63, 3.8) is 0 Å². The van der Waals surface area contributed by atoms with Gasteiger partial charge in [-0.05, 0) is 12.8 Å². The zero-order valence-corrected chi connectivity index (χ0v) is 9.13. The highest BCUT2D eigenvalue weighted by Crippen LogP contribution is 2.18. The highest BCUT2D eigenvalue weighted by atomic mass is 16.5. The summed E-state index contributed by atoms with van der Waals surface area (Å²) >= 11 is 0. The van der Waals surface area contributed by atoms with Gasteiger partial charge in [0.25, 0.3) is 0 Å². The Kier molecular flexibility index (Phi) is 3.27. The molecule has 1 aliphatic heterocycles. The number of aromatic nitrogens is 1. The number of nitrogens with zero attached hydrogens (tertiary/aromatic N) is 2. The molecule has 2 amide bonds. The first-order chi connectivity index (χ1) is 8.16. The lowest BCUT2D eigenvalue weighted by Crippen LogP contribution is -2.42. The Labute approximate surface area is 97.4 Å². The molecule has 7 nitrogen and oxygen atoms in total. The first-order valence-corrected chi connectivity index (χ1v) is 5.36. The minimum Gasteiger partial charge on any atom is -0.481 e. The Hall–Kier alpha value is -2.05. The smallest absolute Gasteiger partial charge is 0.323 e. The number of amides is 2.